The molecule has 94 valence electrons. The maximum Gasteiger partial charge on any atom is 0.280 e. The summed E-state index contributed by atoms with van der Waals surface area (Å²) in [6.07, 6.45) is 0. The fraction of sp³-hybridized carbons (Fsp3) is 0.875. The topological polar surface area (TPSA) is 90.5 Å². The first-order valence-electron chi connectivity index (χ1n) is 5.28. The van der Waals surface area contributed by atoms with Crippen LogP contribution in [0.15, 0.2) is 0 Å². The number of rotatable bonds is 5. The number of nitrogens with one attached hydrogen (secondary N) is 3. The molecule has 0 radical (unpaired) electrons. The molecule has 1 aliphatic heterocycles. The SMILES string of the molecule is CCNC(=O)CNS(=O)(=O)N1CCNCC1. The maximum atomic E-state index is 11.7. The van der Waals surface area contributed by atoms with E-state index < -0.39 is 10.2 Å². The van der Waals surface area contributed by atoms with Gasteiger partial charge in [-0.15, -0.1) is 0 Å². The molecule has 0 bridgehead atoms. The minimum Gasteiger partial charge on any atom is -0.355 e. The van der Waals surface area contributed by atoms with E-state index in [1.165, 1.54) is 4.31 Å². The van der Waals surface area contributed by atoms with Crippen LogP contribution in [0.2, 0.25) is 0 Å². The fourth-order valence-electron chi connectivity index (χ4n) is 1.39. The first kappa shape index (κ1) is 13.4. The van der Waals surface area contributed by atoms with Crippen LogP contribution in [0.4, 0.5) is 0 Å². The molecule has 1 aliphatic rings. The molecule has 0 aromatic heterocycles. The lowest BCUT2D eigenvalue weighted by atomic mass is 10.4. The van der Waals surface area contributed by atoms with E-state index in [9.17, 15) is 13.2 Å². The normalized spacial score (nSPS) is 18.3. The average Bonchev–Trinajstić information content (AvgIpc) is 2.28. The Balaban J connectivity index is 2.41. The Hall–Kier alpha value is -0.700. The quantitative estimate of drug-likeness (QED) is 0.519. The summed E-state index contributed by atoms with van der Waals surface area (Å²) in [5, 5.41) is 5.58. The molecule has 16 heavy (non-hydrogen) atoms. The predicted molar refractivity (Wildman–Crippen MR) is 60.0 cm³/mol. The van der Waals surface area contributed by atoms with Crippen molar-refractivity contribution in [1.82, 2.24) is 19.7 Å². The number of likely N-dealkylation sites (N-methyl/N-ethyl adjacent to an activating group) is 1. The fourth-order valence-corrected chi connectivity index (χ4v) is 2.55. The molecule has 8 heteroatoms. The Kier molecular flexibility index (Phi) is 5.13. The second kappa shape index (κ2) is 6.14. The molecule has 0 spiro atoms. The molecule has 0 aliphatic carbocycles. The zero-order chi connectivity index (χ0) is 12.0. The van der Waals surface area contributed by atoms with Gasteiger partial charge in [-0.05, 0) is 6.92 Å². The van der Waals surface area contributed by atoms with E-state index in [0.717, 1.165) is 0 Å². The van der Waals surface area contributed by atoms with Crippen LogP contribution in [0.5, 0.6) is 0 Å². The zero-order valence-corrected chi connectivity index (χ0v) is 10.1. The number of carbonyl (C=O) groups excluding carboxylic acids is 1. The third kappa shape index (κ3) is 4.05. The van der Waals surface area contributed by atoms with Crippen LogP contribution in [0.1, 0.15) is 6.92 Å². The van der Waals surface area contributed by atoms with E-state index in [2.05, 4.69) is 15.4 Å². The second-order valence-corrected chi connectivity index (χ2v) is 5.18. The Labute approximate surface area is 95.8 Å². The second-order valence-electron chi connectivity index (χ2n) is 3.43. The third-order valence-electron chi connectivity index (χ3n) is 2.20. The van der Waals surface area contributed by atoms with Gasteiger partial charge >= 0.3 is 0 Å². The van der Waals surface area contributed by atoms with Gasteiger partial charge in [0.05, 0.1) is 6.54 Å². The van der Waals surface area contributed by atoms with Crippen LogP contribution in [-0.2, 0) is 15.0 Å². The minimum absolute atomic E-state index is 0.208. The molecule has 0 aromatic carbocycles. The largest absolute Gasteiger partial charge is 0.355 e. The number of hydrogen-bond donors (Lipinski definition) is 3. The van der Waals surface area contributed by atoms with Gasteiger partial charge in [0.1, 0.15) is 0 Å². The molecule has 0 unspecified atom stereocenters. The Bertz CT molecular complexity index is 324. The molecule has 7 nitrogen and oxygen atoms in total. The van der Waals surface area contributed by atoms with Crippen LogP contribution in [-0.4, -0.2) is 57.9 Å². The van der Waals surface area contributed by atoms with Gasteiger partial charge in [0, 0.05) is 32.7 Å². The molecule has 1 saturated heterocycles. The van der Waals surface area contributed by atoms with Crippen molar-refractivity contribution in [3.8, 4) is 0 Å². The smallest absolute Gasteiger partial charge is 0.280 e. The van der Waals surface area contributed by atoms with E-state index in [0.29, 0.717) is 32.7 Å². The number of carbonyl (C=O) groups is 1. The summed E-state index contributed by atoms with van der Waals surface area (Å²) >= 11 is 0. The molecule has 0 saturated carbocycles. The lowest BCUT2D eigenvalue weighted by molar-refractivity contribution is -0.119. The summed E-state index contributed by atoms with van der Waals surface area (Å²) in [5.74, 6) is -0.318. The predicted octanol–water partition coefficient (Wildman–Crippen LogP) is -2.14. The van der Waals surface area contributed by atoms with Crippen LogP contribution >= 0.6 is 0 Å². The number of hydrogen-bond acceptors (Lipinski definition) is 4. The summed E-state index contributed by atoms with van der Waals surface area (Å²) < 4.78 is 27.0. The Morgan fingerprint density at radius 1 is 1.38 bits per heavy atom. The van der Waals surface area contributed by atoms with Gasteiger partial charge in [0.25, 0.3) is 10.2 Å². The molecule has 3 N–H and O–H groups in total. The first-order chi connectivity index (χ1) is 7.56. The van der Waals surface area contributed by atoms with Crippen LogP contribution in [0, 0.1) is 0 Å². The van der Waals surface area contributed by atoms with Crippen LogP contribution < -0.4 is 15.4 Å². The Morgan fingerprint density at radius 2 is 2.00 bits per heavy atom. The monoisotopic (exact) mass is 250 g/mol. The van der Waals surface area contributed by atoms with Crippen molar-refractivity contribution < 1.29 is 13.2 Å². The van der Waals surface area contributed by atoms with Gasteiger partial charge in [0.15, 0.2) is 0 Å². The van der Waals surface area contributed by atoms with Gasteiger partial charge in [-0.25, -0.2) is 0 Å². The summed E-state index contributed by atoms with van der Waals surface area (Å²) in [6.45, 7) is 4.22. The minimum atomic E-state index is -3.51. The van der Waals surface area contributed by atoms with E-state index in [4.69, 9.17) is 0 Å². The number of piperazine rings is 1. The third-order valence-corrected chi connectivity index (χ3v) is 3.76. The Morgan fingerprint density at radius 3 is 2.56 bits per heavy atom. The highest BCUT2D eigenvalue weighted by Gasteiger charge is 2.23. The highest BCUT2D eigenvalue weighted by atomic mass is 32.2. The zero-order valence-electron chi connectivity index (χ0n) is 9.32. The molecule has 1 amide bonds. The van der Waals surface area contributed by atoms with E-state index in [1.807, 2.05) is 0 Å². The van der Waals surface area contributed by atoms with Crippen molar-refractivity contribution >= 4 is 16.1 Å². The molecule has 1 heterocycles. The van der Waals surface area contributed by atoms with Gasteiger partial charge in [-0.1, -0.05) is 0 Å². The summed E-state index contributed by atoms with van der Waals surface area (Å²) in [7, 11) is -3.51. The van der Waals surface area contributed by atoms with Crippen molar-refractivity contribution in [3.05, 3.63) is 0 Å². The van der Waals surface area contributed by atoms with Crippen molar-refractivity contribution in [2.75, 3.05) is 39.3 Å². The van der Waals surface area contributed by atoms with Gasteiger partial charge in [0.2, 0.25) is 5.91 Å². The van der Waals surface area contributed by atoms with E-state index >= 15 is 0 Å². The van der Waals surface area contributed by atoms with Gasteiger partial charge < -0.3 is 10.6 Å². The lowest BCUT2D eigenvalue weighted by Gasteiger charge is -2.26. The van der Waals surface area contributed by atoms with E-state index in [-0.39, 0.29) is 12.5 Å². The number of amides is 1. The first-order valence-corrected chi connectivity index (χ1v) is 6.72. The van der Waals surface area contributed by atoms with Gasteiger partial charge in [-0.3, -0.25) is 4.79 Å². The molecular formula is C8H18N4O3S. The summed E-state index contributed by atoms with van der Waals surface area (Å²) in [5.41, 5.74) is 0. The van der Waals surface area contributed by atoms with Crippen LogP contribution in [0.25, 0.3) is 0 Å². The highest BCUT2D eigenvalue weighted by Crippen LogP contribution is 1.98. The number of nitrogens with zero attached hydrogens (tertiary/aromatic N) is 1. The van der Waals surface area contributed by atoms with Crippen LogP contribution in [0.3, 0.4) is 0 Å². The standard InChI is InChI=1S/C8H18N4O3S/c1-2-10-8(13)7-11-16(14,15)12-5-3-9-4-6-12/h9,11H,2-7H2,1H3,(H,10,13). The molecular weight excluding hydrogens is 232 g/mol. The average molecular weight is 250 g/mol. The van der Waals surface area contributed by atoms with Crippen molar-refractivity contribution in [2.24, 2.45) is 0 Å². The molecule has 1 fully saturated rings. The summed E-state index contributed by atoms with van der Waals surface area (Å²) in [6, 6.07) is 0. The van der Waals surface area contributed by atoms with Crippen molar-refractivity contribution in [2.45, 2.75) is 6.92 Å². The maximum absolute atomic E-state index is 11.7. The lowest BCUT2D eigenvalue weighted by Crippen LogP contribution is -2.51. The van der Waals surface area contributed by atoms with Crippen molar-refractivity contribution in [3.63, 3.8) is 0 Å². The summed E-state index contributed by atoms with van der Waals surface area (Å²) in [4.78, 5) is 11.1. The molecule has 0 aromatic rings. The van der Waals surface area contributed by atoms with Gasteiger partial charge in [-0.2, -0.15) is 17.4 Å². The highest BCUT2D eigenvalue weighted by molar-refractivity contribution is 7.87. The molecule has 0 atom stereocenters. The van der Waals surface area contributed by atoms with Crippen molar-refractivity contribution in [1.29, 1.82) is 0 Å². The molecule has 1 rings (SSSR count). The van der Waals surface area contributed by atoms with E-state index in [1.54, 1.807) is 6.92 Å².